The van der Waals surface area contributed by atoms with E-state index in [9.17, 15) is 4.20 Å². The molecule has 2 nitrogen and oxygen atoms in total. The molecule has 4 heteroatoms. The Hall–Kier alpha value is -0.660. The fourth-order valence-corrected chi connectivity index (χ4v) is 2.64. The number of aryl methyl sites for hydroxylation is 2. The molecule has 0 aromatic heterocycles. The Labute approximate surface area is 123 Å². The number of rotatable bonds is 10. The molecule has 1 unspecified atom stereocenters. The molecule has 1 rings (SSSR count). The van der Waals surface area contributed by atoms with Crippen molar-refractivity contribution in [1.29, 1.82) is 0 Å². The molecule has 0 saturated heterocycles. The van der Waals surface area contributed by atoms with Crippen molar-refractivity contribution in [2.45, 2.75) is 65.2 Å². The maximum Gasteiger partial charge on any atom is 0.436 e. The van der Waals surface area contributed by atoms with Crippen LogP contribution in [-0.2, 0) is 12.8 Å². The molecule has 0 spiro atoms. The van der Waals surface area contributed by atoms with Crippen LogP contribution in [0.1, 0.15) is 63.5 Å². The fraction of sp³-hybridized carbons (Fsp3) is 0.625. The Kier molecular flexibility index (Phi) is 8.80. The summed E-state index contributed by atoms with van der Waals surface area (Å²) < 4.78 is 17.6. The molecule has 0 radical (unpaired) electrons. The molecule has 0 aliphatic rings. The van der Waals surface area contributed by atoms with Gasteiger partial charge >= 0.3 is 8.69 Å². The first-order valence-corrected chi connectivity index (χ1v) is 8.72. The van der Waals surface area contributed by atoms with Gasteiger partial charge in [0.15, 0.2) is 0 Å². The minimum Gasteiger partial charge on any atom is -0.424 e. The first-order valence-electron chi connectivity index (χ1n) is 7.62. The molecule has 0 bridgehead atoms. The van der Waals surface area contributed by atoms with Gasteiger partial charge in [-0.25, -0.2) is 0 Å². The van der Waals surface area contributed by atoms with Crippen molar-refractivity contribution in [2.24, 2.45) is 0 Å². The molecule has 1 atom stereocenters. The van der Waals surface area contributed by atoms with Crippen LogP contribution < -0.4 is 4.52 Å². The monoisotopic (exact) mass is 300 g/mol. The lowest BCUT2D eigenvalue weighted by Crippen LogP contribution is -1.95. The number of hydrogen-bond acceptors (Lipinski definition) is 2. The first-order chi connectivity index (χ1) is 9.67. The van der Waals surface area contributed by atoms with Gasteiger partial charge in [0.25, 0.3) is 0 Å². The minimum absolute atomic E-state index is 0.497. The van der Waals surface area contributed by atoms with Crippen LogP contribution in [0.3, 0.4) is 0 Å². The first kappa shape index (κ1) is 17.4. The molecule has 0 fully saturated rings. The second-order valence-electron chi connectivity index (χ2n) is 5.17. The molecule has 0 amide bonds. The van der Waals surface area contributed by atoms with E-state index in [1.807, 2.05) is 6.07 Å². The minimum atomic E-state index is -2.83. The van der Waals surface area contributed by atoms with Gasteiger partial charge in [-0.3, -0.25) is 0 Å². The van der Waals surface area contributed by atoms with E-state index in [-0.39, 0.29) is 0 Å². The second kappa shape index (κ2) is 10.1. The number of unbranched alkanes of at least 4 members (excludes halogenated alkanes) is 4. The molecule has 114 valence electrons. The molecule has 0 aliphatic carbocycles. The maximum absolute atomic E-state index is 12.7. The summed E-state index contributed by atoms with van der Waals surface area (Å²) >= 11 is 0. The smallest absolute Gasteiger partial charge is 0.424 e. The average Bonchev–Trinajstić information content (AvgIpc) is 2.41. The van der Waals surface area contributed by atoms with Gasteiger partial charge in [-0.1, -0.05) is 51.7 Å². The third-order valence-electron chi connectivity index (χ3n) is 3.42. The average molecular weight is 300 g/mol. The van der Waals surface area contributed by atoms with E-state index in [1.54, 1.807) is 6.07 Å². The number of halogens is 1. The zero-order chi connectivity index (χ0) is 14.8. The number of hydrogen-bond donors (Lipinski definition) is 1. The number of benzene rings is 1. The van der Waals surface area contributed by atoms with Crippen LogP contribution in [0.25, 0.3) is 0 Å². The molecule has 1 aromatic carbocycles. The lowest BCUT2D eigenvalue weighted by molar-refractivity contribution is 0.430. The molecular weight excluding hydrogens is 274 g/mol. The van der Waals surface area contributed by atoms with Crippen LogP contribution in [-0.4, -0.2) is 4.89 Å². The Balaban J connectivity index is 2.72. The maximum atomic E-state index is 12.7. The third-order valence-corrected chi connectivity index (χ3v) is 3.76. The summed E-state index contributed by atoms with van der Waals surface area (Å²) in [6.07, 6.45) is 8.94. The van der Waals surface area contributed by atoms with E-state index in [2.05, 4.69) is 19.9 Å². The molecule has 20 heavy (non-hydrogen) atoms. The predicted octanol–water partition coefficient (Wildman–Crippen LogP) is 5.72. The standard InChI is InChI=1S/C16H26FO2P/c1-3-5-7-9-14-11-12-16(19-20(17)18)15(13-14)10-8-6-4-2/h11-13,18H,3-10H2,1-2H3. The topological polar surface area (TPSA) is 29.5 Å². The van der Waals surface area contributed by atoms with Gasteiger partial charge in [0, 0.05) is 0 Å². The van der Waals surface area contributed by atoms with Gasteiger partial charge in [0.2, 0.25) is 0 Å². The second-order valence-corrected chi connectivity index (χ2v) is 5.81. The zero-order valence-electron chi connectivity index (χ0n) is 12.6. The highest BCUT2D eigenvalue weighted by Crippen LogP contribution is 2.37. The Morgan fingerprint density at radius 2 is 1.70 bits per heavy atom. The van der Waals surface area contributed by atoms with Gasteiger partial charge < -0.3 is 9.42 Å². The van der Waals surface area contributed by atoms with E-state index >= 15 is 0 Å². The Morgan fingerprint density at radius 1 is 1.05 bits per heavy atom. The van der Waals surface area contributed by atoms with Crippen LogP contribution in [0.4, 0.5) is 4.20 Å². The Morgan fingerprint density at radius 3 is 2.30 bits per heavy atom. The van der Waals surface area contributed by atoms with Gasteiger partial charge in [-0.2, -0.15) is 0 Å². The summed E-state index contributed by atoms with van der Waals surface area (Å²) in [5, 5.41) is 0. The van der Waals surface area contributed by atoms with Crippen LogP contribution in [0.15, 0.2) is 18.2 Å². The highest BCUT2D eigenvalue weighted by molar-refractivity contribution is 7.40. The van der Waals surface area contributed by atoms with E-state index in [0.29, 0.717) is 5.75 Å². The van der Waals surface area contributed by atoms with E-state index in [1.165, 1.54) is 24.8 Å². The van der Waals surface area contributed by atoms with E-state index in [0.717, 1.165) is 37.7 Å². The normalized spacial score (nSPS) is 12.4. The highest BCUT2D eigenvalue weighted by Gasteiger charge is 2.11. The van der Waals surface area contributed by atoms with Gasteiger partial charge in [0.1, 0.15) is 5.75 Å². The third kappa shape index (κ3) is 6.67. The quantitative estimate of drug-likeness (QED) is 0.442. The van der Waals surface area contributed by atoms with E-state index < -0.39 is 8.69 Å². The molecule has 1 aromatic rings. The SMILES string of the molecule is CCCCCc1ccc(OP(O)F)c(CCCCC)c1. The summed E-state index contributed by atoms with van der Waals surface area (Å²) in [5.41, 5.74) is 2.30. The van der Waals surface area contributed by atoms with E-state index in [4.69, 9.17) is 9.42 Å². The molecule has 0 aliphatic heterocycles. The fourth-order valence-electron chi connectivity index (χ4n) is 2.30. The van der Waals surface area contributed by atoms with Gasteiger partial charge in [-0.05, 0) is 42.9 Å². The van der Waals surface area contributed by atoms with Gasteiger partial charge in [0.05, 0.1) is 0 Å². The summed E-state index contributed by atoms with van der Waals surface area (Å²) in [7, 11) is -2.83. The molecule has 0 heterocycles. The predicted molar refractivity (Wildman–Crippen MR) is 83.8 cm³/mol. The summed E-state index contributed by atoms with van der Waals surface area (Å²) in [4.78, 5) is 8.82. The van der Waals surface area contributed by atoms with Crippen LogP contribution in [0, 0.1) is 0 Å². The molecular formula is C16H26FO2P. The lowest BCUT2D eigenvalue weighted by atomic mass is 10.0. The van der Waals surface area contributed by atoms with Crippen molar-refractivity contribution in [3.05, 3.63) is 29.3 Å². The van der Waals surface area contributed by atoms with Crippen molar-refractivity contribution in [1.82, 2.24) is 0 Å². The van der Waals surface area contributed by atoms with Crippen LogP contribution in [0.2, 0.25) is 0 Å². The molecule has 0 saturated carbocycles. The highest BCUT2D eigenvalue weighted by atomic mass is 31.2. The summed E-state index contributed by atoms with van der Waals surface area (Å²) in [6, 6.07) is 5.89. The van der Waals surface area contributed by atoms with Crippen molar-refractivity contribution in [3.8, 4) is 5.75 Å². The van der Waals surface area contributed by atoms with Crippen molar-refractivity contribution >= 4 is 8.69 Å². The van der Waals surface area contributed by atoms with Gasteiger partial charge in [-0.15, -0.1) is 4.20 Å². The largest absolute Gasteiger partial charge is 0.436 e. The molecule has 1 N–H and O–H groups in total. The van der Waals surface area contributed by atoms with Crippen molar-refractivity contribution in [3.63, 3.8) is 0 Å². The van der Waals surface area contributed by atoms with Crippen LogP contribution in [0.5, 0.6) is 5.75 Å². The van der Waals surface area contributed by atoms with Crippen molar-refractivity contribution < 1.29 is 13.6 Å². The Bertz CT molecular complexity index is 383. The zero-order valence-corrected chi connectivity index (χ0v) is 13.5. The summed E-state index contributed by atoms with van der Waals surface area (Å²) in [5.74, 6) is 0.497. The van der Waals surface area contributed by atoms with Crippen LogP contribution >= 0.6 is 8.69 Å². The lowest BCUT2D eigenvalue weighted by Gasteiger charge is -2.12. The summed E-state index contributed by atoms with van der Waals surface area (Å²) in [6.45, 7) is 4.35. The van der Waals surface area contributed by atoms with Crippen molar-refractivity contribution in [2.75, 3.05) is 0 Å².